The van der Waals surface area contributed by atoms with Crippen LogP contribution < -0.4 is 5.19 Å². The zero-order valence-electron chi connectivity index (χ0n) is 28.5. The van der Waals surface area contributed by atoms with E-state index in [2.05, 4.69) is 158 Å². The first kappa shape index (κ1) is 34.7. The van der Waals surface area contributed by atoms with Crippen LogP contribution in [0.1, 0.15) is 19.4 Å². The maximum absolute atomic E-state index is 5.00. The summed E-state index contributed by atoms with van der Waals surface area (Å²) in [7, 11) is -1.34. The van der Waals surface area contributed by atoms with E-state index in [1.807, 2.05) is 24.3 Å². The molecule has 0 unspecified atom stereocenters. The van der Waals surface area contributed by atoms with E-state index in [0.717, 1.165) is 45.8 Å². The summed E-state index contributed by atoms with van der Waals surface area (Å²) >= 11 is 1.65. The Morgan fingerprint density at radius 2 is 1.53 bits per heavy atom. The Labute approximate surface area is 308 Å². The van der Waals surface area contributed by atoms with Gasteiger partial charge in [-0.15, -0.1) is 47.3 Å². The van der Waals surface area contributed by atoms with Crippen LogP contribution in [0.5, 0.6) is 0 Å². The van der Waals surface area contributed by atoms with E-state index >= 15 is 0 Å². The zero-order chi connectivity index (χ0) is 33.3. The fourth-order valence-corrected chi connectivity index (χ4v) is 8.77. The Balaban J connectivity index is 0.000000177. The maximum Gasteiger partial charge on any atom is 0.0798 e. The summed E-state index contributed by atoms with van der Waals surface area (Å²) in [6.07, 6.45) is 3.24. The van der Waals surface area contributed by atoms with Gasteiger partial charge >= 0.3 is 0 Å². The summed E-state index contributed by atoms with van der Waals surface area (Å²) < 4.78 is 3.49. The summed E-state index contributed by atoms with van der Waals surface area (Å²) in [6.45, 7) is 11.7. The molecule has 0 fully saturated rings. The van der Waals surface area contributed by atoms with Crippen LogP contribution in [0, 0.1) is 17.4 Å². The molecule has 0 aliphatic rings. The monoisotopic (exact) mass is 850 g/mol. The van der Waals surface area contributed by atoms with Gasteiger partial charge in [-0.25, -0.2) is 0 Å². The summed E-state index contributed by atoms with van der Waals surface area (Å²) in [6, 6.07) is 45.4. The zero-order valence-corrected chi connectivity index (χ0v) is 32.7. The molecule has 0 saturated carbocycles. The van der Waals surface area contributed by atoms with Crippen molar-refractivity contribution in [1.29, 1.82) is 0 Å². The van der Waals surface area contributed by atoms with E-state index < -0.39 is 8.07 Å². The van der Waals surface area contributed by atoms with Crippen molar-refractivity contribution in [3.63, 3.8) is 0 Å². The summed E-state index contributed by atoms with van der Waals surface area (Å²) in [4.78, 5) is 9.69. The fourth-order valence-electron chi connectivity index (χ4n) is 6.34. The number of nitrogens with zero attached hydrogens (tertiary/aromatic N) is 3. The minimum Gasteiger partial charge on any atom is -0.333 e. The molecule has 6 heteroatoms. The van der Waals surface area contributed by atoms with E-state index in [9.17, 15) is 0 Å². The van der Waals surface area contributed by atoms with Crippen LogP contribution in [0.25, 0.3) is 60.2 Å². The molecule has 3 heterocycles. The Hall–Kier alpha value is -4.19. The molecule has 49 heavy (non-hydrogen) atoms. The van der Waals surface area contributed by atoms with Gasteiger partial charge in [-0.2, -0.15) is 0 Å². The number of fused-ring (bicyclic) bond motifs is 3. The molecule has 0 atom stereocenters. The Morgan fingerprint density at radius 3 is 2.31 bits per heavy atom. The van der Waals surface area contributed by atoms with Crippen LogP contribution in [0.3, 0.4) is 0 Å². The number of para-hydroxylation sites is 2. The SMILES string of the molecule is CC(C)Cc1cc(-c2[c-]cccc2)ncc1[Si](C)(C)C.[Ir].[c-]1sc2ccccc2c1-c1nc2ccccc2n1-c1ccc2ccccc2c1. The standard InChI is InChI=1S/C25H15N2S.C18H24NSi.Ir/c1-2-8-18-15-19(14-13-17(18)7-1)27-23-11-5-4-10-22(23)26-25(27)21-16-28-24-12-6-3-9-20(21)24;1-14(2)11-16-12-17(15-9-7-6-8-10-15)19-13-18(16)20(3,4)5;/h1-15H;6-9,12-14H,11H2,1-5H3;/q2*-1;. The Morgan fingerprint density at radius 1 is 0.796 bits per heavy atom. The Kier molecular flexibility index (Phi) is 10.4. The van der Waals surface area contributed by atoms with Gasteiger partial charge in [-0.3, -0.25) is 16.3 Å². The fraction of sp³-hybridized carbons (Fsp3) is 0.163. The number of thiophene rings is 1. The predicted molar refractivity (Wildman–Crippen MR) is 208 cm³/mol. The molecule has 0 spiro atoms. The molecule has 8 aromatic rings. The number of rotatable bonds is 6. The molecule has 0 aliphatic carbocycles. The second-order valence-electron chi connectivity index (χ2n) is 13.7. The number of benzene rings is 5. The van der Waals surface area contributed by atoms with Gasteiger partial charge in [0.15, 0.2) is 0 Å². The van der Waals surface area contributed by atoms with E-state index in [1.165, 1.54) is 31.6 Å². The summed E-state index contributed by atoms with van der Waals surface area (Å²) in [5, 5.41) is 8.65. The van der Waals surface area contributed by atoms with Crippen molar-refractivity contribution < 1.29 is 20.1 Å². The Bertz CT molecular complexity index is 2350. The third kappa shape index (κ3) is 7.39. The molecule has 5 aromatic carbocycles. The van der Waals surface area contributed by atoms with Crippen LogP contribution in [0.4, 0.5) is 0 Å². The van der Waals surface area contributed by atoms with Crippen molar-refractivity contribution in [2.45, 2.75) is 39.9 Å². The number of imidazole rings is 1. The predicted octanol–water partition coefficient (Wildman–Crippen LogP) is 11.2. The average Bonchev–Trinajstić information content (AvgIpc) is 3.70. The number of aromatic nitrogens is 3. The quantitative estimate of drug-likeness (QED) is 0.123. The second-order valence-corrected chi connectivity index (χ2v) is 19.6. The molecule has 1 radical (unpaired) electrons. The third-order valence-electron chi connectivity index (χ3n) is 8.61. The molecule has 0 N–H and O–H groups in total. The van der Waals surface area contributed by atoms with Gasteiger partial charge in [-0.1, -0.05) is 121 Å². The van der Waals surface area contributed by atoms with Crippen molar-refractivity contribution in [2.75, 3.05) is 0 Å². The largest absolute Gasteiger partial charge is 0.333 e. The van der Waals surface area contributed by atoms with Crippen molar-refractivity contribution >= 4 is 56.5 Å². The van der Waals surface area contributed by atoms with Crippen molar-refractivity contribution in [1.82, 2.24) is 14.5 Å². The summed E-state index contributed by atoms with van der Waals surface area (Å²) in [5.41, 5.74) is 7.88. The smallest absolute Gasteiger partial charge is 0.0798 e. The average molecular weight is 850 g/mol. The van der Waals surface area contributed by atoms with Gasteiger partial charge in [-0.05, 0) is 58.3 Å². The second kappa shape index (κ2) is 14.7. The van der Waals surface area contributed by atoms with Crippen LogP contribution >= 0.6 is 11.3 Å². The minimum absolute atomic E-state index is 0. The van der Waals surface area contributed by atoms with Crippen LogP contribution in [-0.2, 0) is 26.5 Å². The first-order valence-corrected chi connectivity index (χ1v) is 20.9. The molecule has 0 saturated heterocycles. The number of pyridine rings is 1. The van der Waals surface area contributed by atoms with Crippen LogP contribution in [0.2, 0.25) is 19.6 Å². The van der Waals surface area contributed by atoms with Gasteiger partial charge in [0.1, 0.15) is 0 Å². The number of hydrogen-bond acceptors (Lipinski definition) is 3. The first-order valence-electron chi connectivity index (χ1n) is 16.6. The van der Waals surface area contributed by atoms with Crippen molar-refractivity contribution in [3.05, 3.63) is 145 Å². The van der Waals surface area contributed by atoms with Gasteiger partial charge < -0.3 is 9.55 Å². The molecule has 0 bridgehead atoms. The number of hydrogen-bond donors (Lipinski definition) is 0. The van der Waals surface area contributed by atoms with E-state index in [-0.39, 0.29) is 20.1 Å². The molecule has 3 nitrogen and oxygen atoms in total. The van der Waals surface area contributed by atoms with Crippen LogP contribution in [0.15, 0.2) is 128 Å². The minimum atomic E-state index is -1.34. The van der Waals surface area contributed by atoms with Gasteiger partial charge in [0, 0.05) is 32.0 Å². The van der Waals surface area contributed by atoms with Gasteiger partial charge in [0.05, 0.1) is 24.9 Å². The molecule has 3 aromatic heterocycles. The molecule has 8 rings (SSSR count). The van der Waals surface area contributed by atoms with Gasteiger partial charge in [0.2, 0.25) is 0 Å². The normalized spacial score (nSPS) is 11.5. The van der Waals surface area contributed by atoms with Crippen molar-refractivity contribution in [3.8, 4) is 28.3 Å². The van der Waals surface area contributed by atoms with Crippen LogP contribution in [-0.4, -0.2) is 22.6 Å². The molecule has 0 amide bonds. The first-order chi connectivity index (χ1) is 23.3. The van der Waals surface area contributed by atoms with E-state index in [4.69, 9.17) is 4.98 Å². The molecular weight excluding hydrogens is 811 g/mol. The van der Waals surface area contributed by atoms with Gasteiger partial charge in [0.25, 0.3) is 0 Å². The molecule has 247 valence electrons. The molecule has 0 aliphatic heterocycles. The summed E-state index contributed by atoms with van der Waals surface area (Å²) in [5.74, 6) is 1.61. The van der Waals surface area contributed by atoms with Crippen molar-refractivity contribution in [2.24, 2.45) is 5.92 Å². The third-order valence-corrected chi connectivity index (χ3v) is 11.6. The van der Waals surface area contributed by atoms with E-state index in [1.54, 1.807) is 11.3 Å². The topological polar surface area (TPSA) is 30.7 Å². The maximum atomic E-state index is 5.00. The molecular formula is C43H39IrN3SSi-2. The van der Waals surface area contributed by atoms with E-state index in [0.29, 0.717) is 5.92 Å².